The third-order valence-electron chi connectivity index (χ3n) is 15.4. The molecule has 5 aliphatic carbocycles. The van der Waals surface area contributed by atoms with Crippen molar-refractivity contribution in [3.05, 3.63) is 175 Å². The van der Waals surface area contributed by atoms with Crippen molar-refractivity contribution in [1.82, 2.24) is 4.57 Å². The molecule has 0 saturated heterocycles. The van der Waals surface area contributed by atoms with Crippen molar-refractivity contribution in [2.24, 2.45) is 23.7 Å². The van der Waals surface area contributed by atoms with Crippen molar-refractivity contribution in [3.8, 4) is 61.7 Å². The third-order valence-corrected chi connectivity index (χ3v) is 15.4. The van der Waals surface area contributed by atoms with Crippen LogP contribution in [-0.4, -0.2) is 4.57 Å². The van der Waals surface area contributed by atoms with Crippen LogP contribution in [0.1, 0.15) is 43.2 Å². The quantitative estimate of drug-likeness (QED) is 0.176. The summed E-state index contributed by atoms with van der Waals surface area (Å²) >= 11 is 0. The highest BCUT2D eigenvalue weighted by Gasteiger charge is 2.61. The summed E-state index contributed by atoms with van der Waals surface area (Å²) in [6.07, 6.45) is 7.07. The number of rotatable bonds is 3. The molecule has 15 rings (SSSR count). The van der Waals surface area contributed by atoms with Crippen LogP contribution < -0.4 is 4.74 Å². The SMILES string of the molecule is c1ccc(-n2c3ccccc3c3cc(-c4ccc5c6c(cccc46)-c4cc(-c6ccc7c(c6)C6(c8ccccc8-7)C7CC8CC(C7)CC6C8)ccc4O5)ccc32)cc1. The first kappa shape index (κ1) is 31.7. The van der Waals surface area contributed by atoms with Crippen LogP contribution in [0.15, 0.2) is 164 Å². The molecule has 8 aromatic carbocycles. The van der Waals surface area contributed by atoms with Gasteiger partial charge in [-0.3, -0.25) is 0 Å². The van der Waals surface area contributed by atoms with Crippen molar-refractivity contribution >= 4 is 32.6 Å². The maximum atomic E-state index is 6.78. The molecule has 0 atom stereocenters. The van der Waals surface area contributed by atoms with Gasteiger partial charge in [-0.05, 0) is 166 Å². The van der Waals surface area contributed by atoms with Crippen molar-refractivity contribution in [3.63, 3.8) is 0 Å². The molecule has 4 fully saturated rings. The smallest absolute Gasteiger partial charge is 0.135 e. The van der Waals surface area contributed by atoms with Crippen LogP contribution >= 0.6 is 0 Å². The van der Waals surface area contributed by atoms with Gasteiger partial charge in [0.15, 0.2) is 0 Å². The summed E-state index contributed by atoms with van der Waals surface area (Å²) in [6.45, 7) is 0. The maximum Gasteiger partial charge on any atom is 0.135 e. The highest BCUT2D eigenvalue weighted by atomic mass is 16.5. The van der Waals surface area contributed by atoms with E-state index in [9.17, 15) is 0 Å². The Kier molecular flexibility index (Phi) is 6.22. The lowest BCUT2D eigenvalue weighted by atomic mass is 9.43. The summed E-state index contributed by atoms with van der Waals surface area (Å²) < 4.78 is 9.16. The number of aromatic nitrogens is 1. The number of nitrogens with zero attached hydrogens (tertiary/aromatic N) is 1. The fourth-order valence-electron chi connectivity index (χ4n) is 13.4. The summed E-state index contributed by atoms with van der Waals surface area (Å²) in [4.78, 5) is 0. The van der Waals surface area contributed by atoms with Crippen molar-refractivity contribution in [1.29, 1.82) is 0 Å². The van der Waals surface area contributed by atoms with Gasteiger partial charge in [0, 0.05) is 32.8 Å². The molecule has 6 aliphatic rings. The Morgan fingerprint density at radius 3 is 1.95 bits per heavy atom. The van der Waals surface area contributed by atoms with Crippen LogP contribution in [0, 0.1) is 23.7 Å². The van der Waals surface area contributed by atoms with E-state index in [2.05, 4.69) is 168 Å². The predicted octanol–water partition coefficient (Wildman–Crippen LogP) is 14.8. The standard InChI is InChI=1S/C56H41NO/c1-2-9-40(10-3-1)57-51-16-7-5-12-44(51)47-31-37(18-22-52(47)57)41-21-24-54-55-45(41)13-8-14-46(55)48-30-35(19-23-53(48)58-54)36-17-20-43-42-11-4-6-15-49(42)56(50(43)32-36)38-26-33-25-34(28-38)29-39(56)27-33/h1-24,30-34,38-39H,25-29H2. The number of fused-ring (bicyclic) bond motifs is 8. The molecule has 1 aromatic heterocycles. The molecule has 4 bridgehead atoms. The van der Waals surface area contributed by atoms with Crippen molar-refractivity contribution in [2.75, 3.05) is 0 Å². The number of hydrogen-bond acceptors (Lipinski definition) is 1. The van der Waals surface area contributed by atoms with Gasteiger partial charge in [0.2, 0.25) is 0 Å². The van der Waals surface area contributed by atoms with Gasteiger partial charge in [-0.2, -0.15) is 0 Å². The normalized spacial score (nSPS) is 23.0. The van der Waals surface area contributed by atoms with Crippen LogP contribution in [0.5, 0.6) is 11.5 Å². The first-order valence-corrected chi connectivity index (χ1v) is 21.4. The van der Waals surface area contributed by atoms with Crippen LogP contribution in [-0.2, 0) is 5.41 Å². The molecule has 9 aromatic rings. The summed E-state index contributed by atoms with van der Waals surface area (Å²) in [5.41, 5.74) is 17.4. The lowest BCUT2D eigenvalue weighted by molar-refractivity contribution is -0.0399. The second kappa shape index (κ2) is 11.4. The van der Waals surface area contributed by atoms with E-state index in [0.29, 0.717) is 0 Å². The first-order chi connectivity index (χ1) is 28.7. The molecule has 0 radical (unpaired) electrons. The minimum Gasteiger partial charge on any atom is -0.456 e. The van der Waals surface area contributed by atoms with Gasteiger partial charge in [0.25, 0.3) is 0 Å². The lowest BCUT2D eigenvalue weighted by Gasteiger charge is -2.61. The van der Waals surface area contributed by atoms with E-state index in [1.807, 2.05) is 0 Å². The molecule has 2 heteroatoms. The molecule has 1 aliphatic heterocycles. The largest absolute Gasteiger partial charge is 0.456 e. The summed E-state index contributed by atoms with van der Waals surface area (Å²) in [5, 5.41) is 4.93. The Labute approximate surface area is 338 Å². The number of hydrogen-bond donors (Lipinski definition) is 0. The molecule has 0 unspecified atom stereocenters. The van der Waals surface area contributed by atoms with Gasteiger partial charge in [-0.1, -0.05) is 109 Å². The van der Waals surface area contributed by atoms with Gasteiger partial charge in [-0.15, -0.1) is 0 Å². The van der Waals surface area contributed by atoms with Gasteiger partial charge in [0.05, 0.1) is 11.0 Å². The number of benzene rings is 8. The second-order valence-corrected chi connectivity index (χ2v) is 18.1. The average Bonchev–Trinajstić information content (AvgIpc) is 3.76. The van der Waals surface area contributed by atoms with Crippen LogP contribution in [0.2, 0.25) is 0 Å². The molecule has 0 N–H and O–H groups in total. The Morgan fingerprint density at radius 2 is 1.07 bits per heavy atom. The van der Waals surface area contributed by atoms with Crippen LogP contribution in [0.4, 0.5) is 0 Å². The fourth-order valence-corrected chi connectivity index (χ4v) is 13.4. The highest BCUT2D eigenvalue weighted by molar-refractivity contribution is 6.14. The molecule has 2 heterocycles. The van der Waals surface area contributed by atoms with E-state index in [-0.39, 0.29) is 5.41 Å². The van der Waals surface area contributed by atoms with Gasteiger partial charge in [0.1, 0.15) is 11.5 Å². The van der Waals surface area contributed by atoms with E-state index in [1.54, 1.807) is 11.1 Å². The molecule has 58 heavy (non-hydrogen) atoms. The molecule has 2 nitrogen and oxygen atoms in total. The van der Waals surface area contributed by atoms with Gasteiger partial charge in [-0.25, -0.2) is 0 Å². The molecular weight excluding hydrogens is 703 g/mol. The average molecular weight is 744 g/mol. The Balaban J connectivity index is 0.900. The molecular formula is C56H41NO. The zero-order valence-electron chi connectivity index (χ0n) is 32.3. The minimum atomic E-state index is 0.160. The number of para-hydroxylation sites is 2. The monoisotopic (exact) mass is 743 g/mol. The molecule has 1 spiro atoms. The molecule has 276 valence electrons. The summed E-state index contributed by atoms with van der Waals surface area (Å²) in [5.74, 6) is 5.23. The molecule has 4 saturated carbocycles. The third kappa shape index (κ3) is 4.08. The maximum absolute atomic E-state index is 6.78. The second-order valence-electron chi connectivity index (χ2n) is 18.1. The fraction of sp³-hybridized carbons (Fsp3) is 0.179. The Hall–Kier alpha value is -6.38. The van der Waals surface area contributed by atoms with Crippen LogP contribution in [0.3, 0.4) is 0 Å². The predicted molar refractivity (Wildman–Crippen MR) is 238 cm³/mol. The van der Waals surface area contributed by atoms with Gasteiger partial charge >= 0.3 is 0 Å². The Morgan fingerprint density at radius 1 is 0.414 bits per heavy atom. The topological polar surface area (TPSA) is 14.2 Å². The summed E-state index contributed by atoms with van der Waals surface area (Å²) in [7, 11) is 0. The van der Waals surface area contributed by atoms with E-state index >= 15 is 0 Å². The van der Waals surface area contributed by atoms with E-state index < -0.39 is 0 Å². The van der Waals surface area contributed by atoms with Gasteiger partial charge < -0.3 is 9.30 Å². The van der Waals surface area contributed by atoms with Crippen LogP contribution in [0.25, 0.3) is 82.8 Å². The zero-order chi connectivity index (χ0) is 37.7. The van der Waals surface area contributed by atoms with Crippen molar-refractivity contribution in [2.45, 2.75) is 37.5 Å². The first-order valence-electron chi connectivity index (χ1n) is 21.4. The molecule has 0 amide bonds. The van der Waals surface area contributed by atoms with E-state index in [1.165, 1.54) is 115 Å². The highest BCUT2D eigenvalue weighted by Crippen LogP contribution is 2.69. The van der Waals surface area contributed by atoms with E-state index in [0.717, 1.165) is 35.2 Å². The zero-order valence-corrected chi connectivity index (χ0v) is 32.3. The van der Waals surface area contributed by atoms with E-state index in [4.69, 9.17) is 4.74 Å². The number of ether oxygens (including phenoxy) is 1. The lowest BCUT2D eigenvalue weighted by Crippen LogP contribution is -2.55. The minimum absolute atomic E-state index is 0.160. The Bertz CT molecular complexity index is 3190. The van der Waals surface area contributed by atoms with Crippen molar-refractivity contribution < 1.29 is 4.74 Å². The summed E-state index contributed by atoms with van der Waals surface area (Å²) in [6, 6.07) is 61.5.